The van der Waals surface area contributed by atoms with Crippen LogP contribution in [-0.4, -0.2) is 46.2 Å². The number of hydrogen-bond donors (Lipinski definition) is 3. The fourth-order valence-electron chi connectivity index (χ4n) is 3.93. The fraction of sp³-hybridized carbons (Fsp3) is 0.500. The summed E-state index contributed by atoms with van der Waals surface area (Å²) in [7, 11) is 0. The molecule has 0 bridgehead atoms. The number of fused-ring (bicyclic) bond motifs is 1. The van der Waals surface area contributed by atoms with Crippen molar-refractivity contribution in [2.24, 2.45) is 5.73 Å². The molecule has 4 rings (SSSR count). The molecule has 11 heteroatoms. The summed E-state index contributed by atoms with van der Waals surface area (Å²) in [6.07, 6.45) is 2.16. The highest BCUT2D eigenvalue weighted by atomic mass is 19.1. The summed E-state index contributed by atoms with van der Waals surface area (Å²) in [6.45, 7) is 7.26. The molecule has 10 nitrogen and oxygen atoms in total. The highest BCUT2D eigenvalue weighted by Gasteiger charge is 2.34. The molecule has 1 fully saturated rings. The standard InChI is InChI=1S/C21H23FN4O5.C3H9N/c1-21(2)20-24-16(17(28)19(30)26(20)8-9-31-21)18(29)23-11-12-5-6-13(22)10-14(12)25-7-3-4-15(25)27;1-2-3-4/h5-6,10,28H,3-4,7-9,11H2,1-2H3,(H,23,29);2-4H2,1H3. The van der Waals surface area contributed by atoms with Gasteiger partial charge in [-0.2, -0.15) is 0 Å². The van der Waals surface area contributed by atoms with Crippen LogP contribution in [0.3, 0.4) is 0 Å². The molecule has 2 aliphatic rings. The molecular formula is C24H32FN5O5. The Balaban J connectivity index is 0.000000795. The highest BCUT2D eigenvalue weighted by Crippen LogP contribution is 2.28. The molecule has 1 saturated heterocycles. The molecule has 0 spiro atoms. The van der Waals surface area contributed by atoms with Gasteiger partial charge in [0, 0.05) is 19.5 Å². The third-order valence-electron chi connectivity index (χ3n) is 5.82. The van der Waals surface area contributed by atoms with Gasteiger partial charge in [0.25, 0.3) is 11.5 Å². The van der Waals surface area contributed by atoms with Crippen LogP contribution in [0, 0.1) is 5.82 Å². The van der Waals surface area contributed by atoms with Gasteiger partial charge in [-0.25, -0.2) is 9.37 Å². The maximum Gasteiger partial charge on any atom is 0.296 e. The van der Waals surface area contributed by atoms with Crippen molar-refractivity contribution in [2.75, 3.05) is 24.6 Å². The average molecular weight is 490 g/mol. The first kappa shape index (κ1) is 26.3. The molecule has 2 aliphatic heterocycles. The molecular weight excluding hydrogens is 457 g/mol. The third kappa shape index (κ3) is 5.68. The van der Waals surface area contributed by atoms with Crippen LogP contribution >= 0.6 is 0 Å². The molecule has 1 aromatic heterocycles. The van der Waals surface area contributed by atoms with Gasteiger partial charge >= 0.3 is 0 Å². The van der Waals surface area contributed by atoms with Crippen molar-refractivity contribution in [1.29, 1.82) is 0 Å². The lowest BCUT2D eigenvalue weighted by atomic mass is 10.1. The zero-order chi connectivity index (χ0) is 25.8. The zero-order valence-electron chi connectivity index (χ0n) is 20.3. The van der Waals surface area contributed by atoms with E-state index in [9.17, 15) is 23.9 Å². The van der Waals surface area contributed by atoms with Crippen LogP contribution in [0.25, 0.3) is 0 Å². The second-order valence-electron chi connectivity index (χ2n) is 8.84. The van der Waals surface area contributed by atoms with Crippen molar-refractivity contribution in [3.05, 3.63) is 51.5 Å². The van der Waals surface area contributed by atoms with E-state index in [2.05, 4.69) is 17.2 Å². The van der Waals surface area contributed by atoms with Crippen LogP contribution in [0.5, 0.6) is 5.75 Å². The Morgan fingerprint density at radius 3 is 2.66 bits per heavy atom. The van der Waals surface area contributed by atoms with E-state index in [1.54, 1.807) is 13.8 Å². The number of carbonyl (C=O) groups excluding carboxylic acids is 2. The summed E-state index contributed by atoms with van der Waals surface area (Å²) in [6, 6.07) is 3.99. The van der Waals surface area contributed by atoms with Gasteiger partial charge in [-0.3, -0.25) is 19.0 Å². The van der Waals surface area contributed by atoms with E-state index < -0.39 is 34.3 Å². The molecule has 0 atom stereocenters. The zero-order valence-corrected chi connectivity index (χ0v) is 20.3. The average Bonchev–Trinajstić information content (AvgIpc) is 3.26. The van der Waals surface area contributed by atoms with Gasteiger partial charge in [0.2, 0.25) is 11.7 Å². The molecule has 190 valence electrons. The molecule has 2 amide bonds. The van der Waals surface area contributed by atoms with Gasteiger partial charge in [0.1, 0.15) is 17.2 Å². The first-order chi connectivity index (χ1) is 16.6. The smallest absolute Gasteiger partial charge is 0.296 e. The molecule has 4 N–H and O–H groups in total. The number of carbonyl (C=O) groups is 2. The van der Waals surface area contributed by atoms with Crippen molar-refractivity contribution in [3.63, 3.8) is 0 Å². The van der Waals surface area contributed by atoms with Gasteiger partial charge in [-0.05, 0) is 50.9 Å². The lowest BCUT2D eigenvalue weighted by Crippen LogP contribution is -2.42. The third-order valence-corrected chi connectivity index (χ3v) is 5.82. The summed E-state index contributed by atoms with van der Waals surface area (Å²) in [5.41, 5.74) is 3.93. The van der Waals surface area contributed by atoms with Gasteiger partial charge in [-0.15, -0.1) is 0 Å². The summed E-state index contributed by atoms with van der Waals surface area (Å²) in [5, 5.41) is 12.9. The molecule has 0 saturated carbocycles. The molecule has 0 aliphatic carbocycles. The van der Waals surface area contributed by atoms with Crippen LogP contribution in [0.4, 0.5) is 10.1 Å². The van der Waals surface area contributed by atoms with Gasteiger partial charge in [-0.1, -0.05) is 13.0 Å². The minimum Gasteiger partial charge on any atom is -0.501 e. The van der Waals surface area contributed by atoms with Crippen molar-refractivity contribution >= 4 is 17.5 Å². The number of anilines is 1. The number of hydrogen-bond acceptors (Lipinski definition) is 7. The largest absolute Gasteiger partial charge is 0.501 e. The first-order valence-corrected chi connectivity index (χ1v) is 11.7. The van der Waals surface area contributed by atoms with Crippen LogP contribution in [0.2, 0.25) is 0 Å². The van der Waals surface area contributed by atoms with Crippen LogP contribution in [-0.2, 0) is 28.2 Å². The second-order valence-corrected chi connectivity index (χ2v) is 8.84. The number of nitrogens with two attached hydrogens (primary N) is 1. The molecule has 2 aromatic rings. The van der Waals surface area contributed by atoms with E-state index >= 15 is 0 Å². The quantitative estimate of drug-likeness (QED) is 0.581. The van der Waals surface area contributed by atoms with Crippen LogP contribution in [0.1, 0.15) is 61.9 Å². The van der Waals surface area contributed by atoms with E-state index in [0.717, 1.165) is 13.0 Å². The number of benzene rings is 1. The minimum atomic E-state index is -0.902. The number of amides is 2. The van der Waals surface area contributed by atoms with E-state index in [1.165, 1.54) is 27.7 Å². The van der Waals surface area contributed by atoms with E-state index in [1.807, 2.05) is 0 Å². The summed E-state index contributed by atoms with van der Waals surface area (Å²) in [5.74, 6) is -1.86. The summed E-state index contributed by atoms with van der Waals surface area (Å²) >= 11 is 0. The Labute approximate surface area is 202 Å². The minimum absolute atomic E-state index is 0.0440. The molecule has 0 unspecified atom stereocenters. The van der Waals surface area contributed by atoms with Crippen molar-refractivity contribution < 1.29 is 23.8 Å². The molecule has 3 heterocycles. The number of aromatic hydroxyl groups is 1. The highest BCUT2D eigenvalue weighted by molar-refractivity contribution is 5.97. The lowest BCUT2D eigenvalue weighted by Gasteiger charge is -2.32. The maximum absolute atomic E-state index is 13.8. The Morgan fingerprint density at radius 2 is 2.03 bits per heavy atom. The van der Waals surface area contributed by atoms with E-state index in [4.69, 9.17) is 10.5 Å². The summed E-state index contributed by atoms with van der Waals surface area (Å²) in [4.78, 5) is 43.1. The SMILES string of the molecule is CC1(C)OCCn2c1nc(C(=O)NCc1ccc(F)cc1N1CCCC1=O)c(O)c2=O.CCCN. The van der Waals surface area contributed by atoms with Crippen molar-refractivity contribution in [2.45, 2.75) is 58.7 Å². The number of aromatic nitrogens is 2. The van der Waals surface area contributed by atoms with E-state index in [-0.39, 0.29) is 31.4 Å². The number of nitrogens with zero attached hydrogens (tertiary/aromatic N) is 3. The maximum atomic E-state index is 13.8. The number of rotatable bonds is 5. The Kier molecular flexibility index (Phi) is 8.23. The Morgan fingerprint density at radius 1 is 1.31 bits per heavy atom. The number of halogens is 1. The predicted molar refractivity (Wildman–Crippen MR) is 128 cm³/mol. The van der Waals surface area contributed by atoms with Gasteiger partial charge < -0.3 is 25.8 Å². The van der Waals surface area contributed by atoms with Gasteiger partial charge in [0.05, 0.1) is 18.8 Å². The molecule has 0 radical (unpaired) electrons. The topological polar surface area (TPSA) is 140 Å². The van der Waals surface area contributed by atoms with Crippen LogP contribution < -0.4 is 21.5 Å². The summed E-state index contributed by atoms with van der Waals surface area (Å²) < 4.78 is 20.7. The lowest BCUT2D eigenvalue weighted by molar-refractivity contribution is -0.117. The van der Waals surface area contributed by atoms with Crippen LogP contribution in [0.15, 0.2) is 23.0 Å². The Hall–Kier alpha value is -3.31. The first-order valence-electron chi connectivity index (χ1n) is 11.7. The van der Waals surface area contributed by atoms with Crippen molar-refractivity contribution in [3.8, 4) is 5.75 Å². The molecule has 35 heavy (non-hydrogen) atoms. The fourth-order valence-corrected chi connectivity index (χ4v) is 3.93. The van der Waals surface area contributed by atoms with E-state index in [0.29, 0.717) is 30.6 Å². The van der Waals surface area contributed by atoms with Crippen molar-refractivity contribution in [1.82, 2.24) is 14.9 Å². The molecule has 1 aromatic carbocycles. The monoisotopic (exact) mass is 489 g/mol. The number of ether oxygens (including phenoxy) is 1. The predicted octanol–water partition coefficient (Wildman–Crippen LogP) is 1.77. The second kappa shape index (κ2) is 11.0. The number of nitrogens with one attached hydrogen (secondary N) is 1. The van der Waals surface area contributed by atoms with Gasteiger partial charge in [0.15, 0.2) is 5.69 Å². The normalized spacial score (nSPS) is 16.4. The Bertz CT molecular complexity index is 1160.